The Kier molecular flexibility index (Phi) is 4.25. The maximum atomic E-state index is 5.61. The summed E-state index contributed by atoms with van der Waals surface area (Å²) in [5.74, 6) is 1.03. The van der Waals surface area contributed by atoms with Crippen LogP contribution in [0.3, 0.4) is 0 Å². The number of hydrogen-bond donors (Lipinski definition) is 1. The highest BCUT2D eigenvalue weighted by molar-refractivity contribution is 7.16. The highest BCUT2D eigenvalue weighted by atomic mass is 32.1. The van der Waals surface area contributed by atoms with Gasteiger partial charge in [0.05, 0.1) is 19.1 Å². The average Bonchev–Trinajstić information content (AvgIpc) is 3.12. The molecule has 110 valence electrons. The Labute approximate surface area is 121 Å². The molecule has 0 spiro atoms. The first-order valence-electron chi connectivity index (χ1n) is 6.84. The van der Waals surface area contributed by atoms with Gasteiger partial charge in [0.1, 0.15) is 11.6 Å². The minimum absolute atomic E-state index is 0.295. The highest BCUT2D eigenvalue weighted by Gasteiger charge is 2.32. The van der Waals surface area contributed by atoms with Crippen LogP contribution in [-0.2, 0) is 16.1 Å². The minimum Gasteiger partial charge on any atom is -0.379 e. The lowest BCUT2D eigenvalue weighted by Crippen LogP contribution is -2.34. The third kappa shape index (κ3) is 2.56. The molecule has 0 aromatic carbocycles. The second-order valence-corrected chi connectivity index (χ2v) is 5.88. The quantitative estimate of drug-likeness (QED) is 0.851. The van der Waals surface area contributed by atoms with Crippen LogP contribution in [0.15, 0.2) is 0 Å². The van der Waals surface area contributed by atoms with E-state index in [1.807, 2.05) is 0 Å². The lowest BCUT2D eigenvalue weighted by atomic mass is 10.1. The van der Waals surface area contributed by atoms with Gasteiger partial charge >= 0.3 is 0 Å². The van der Waals surface area contributed by atoms with E-state index in [9.17, 15) is 0 Å². The summed E-state index contributed by atoms with van der Waals surface area (Å²) in [6.07, 6.45) is 1.12. The topological polar surface area (TPSA) is 73.6 Å². The molecule has 0 bridgehead atoms. The largest absolute Gasteiger partial charge is 0.379 e. The zero-order valence-corrected chi connectivity index (χ0v) is 12.5. The fourth-order valence-electron chi connectivity index (χ4n) is 2.37. The van der Waals surface area contributed by atoms with Crippen LogP contribution in [0.1, 0.15) is 30.1 Å². The predicted octanol–water partition coefficient (Wildman–Crippen LogP) is 0.814. The average molecular weight is 297 g/mol. The Morgan fingerprint density at radius 2 is 2.35 bits per heavy atom. The smallest absolute Gasteiger partial charge is 0.234 e. The van der Waals surface area contributed by atoms with Crippen LogP contribution in [-0.4, -0.2) is 52.7 Å². The zero-order valence-electron chi connectivity index (χ0n) is 11.7. The molecule has 1 saturated heterocycles. The first-order chi connectivity index (χ1) is 9.83. The SMILES string of the molecule is CCCNC1COCC1c1nn2c(COC)nnc2s1. The molecule has 20 heavy (non-hydrogen) atoms. The van der Waals surface area contributed by atoms with Crippen LogP contribution >= 0.6 is 11.3 Å². The summed E-state index contributed by atoms with van der Waals surface area (Å²) in [6, 6.07) is 0.338. The number of nitrogens with one attached hydrogen (secondary N) is 1. The van der Waals surface area contributed by atoms with Gasteiger partial charge in [-0.05, 0) is 13.0 Å². The summed E-state index contributed by atoms with van der Waals surface area (Å²) < 4.78 is 12.5. The van der Waals surface area contributed by atoms with Crippen molar-refractivity contribution in [3.8, 4) is 0 Å². The van der Waals surface area contributed by atoms with Gasteiger partial charge in [-0.15, -0.1) is 10.2 Å². The first-order valence-corrected chi connectivity index (χ1v) is 7.66. The molecule has 1 fully saturated rings. The standard InChI is InChI=1S/C12H19N5O2S/c1-3-4-13-9-6-19-5-8(9)11-16-17-10(7-18-2)14-15-12(17)20-11/h8-9,13H,3-7H2,1-2H3. The van der Waals surface area contributed by atoms with Crippen LogP contribution < -0.4 is 5.32 Å². The van der Waals surface area contributed by atoms with Crippen LogP contribution in [0.5, 0.6) is 0 Å². The van der Waals surface area contributed by atoms with Crippen LogP contribution in [0.25, 0.3) is 4.96 Å². The number of aromatic nitrogens is 4. The van der Waals surface area contributed by atoms with Gasteiger partial charge in [-0.3, -0.25) is 0 Å². The molecule has 2 aromatic rings. The summed E-state index contributed by atoms with van der Waals surface area (Å²) in [7, 11) is 1.64. The first kappa shape index (κ1) is 13.9. The number of hydrogen-bond acceptors (Lipinski definition) is 7. The molecular weight excluding hydrogens is 278 g/mol. The van der Waals surface area contributed by atoms with E-state index in [0.29, 0.717) is 25.2 Å². The second kappa shape index (κ2) is 6.13. The third-order valence-electron chi connectivity index (χ3n) is 3.40. The fourth-order valence-corrected chi connectivity index (χ4v) is 3.38. The lowest BCUT2D eigenvalue weighted by Gasteiger charge is -2.16. The van der Waals surface area contributed by atoms with Crippen LogP contribution in [0.2, 0.25) is 0 Å². The van der Waals surface area contributed by atoms with Crippen molar-refractivity contribution in [2.75, 3.05) is 26.9 Å². The molecule has 3 heterocycles. The third-order valence-corrected chi connectivity index (χ3v) is 4.43. The van der Waals surface area contributed by atoms with E-state index in [2.05, 4.69) is 27.5 Å². The van der Waals surface area contributed by atoms with Gasteiger partial charge in [-0.25, -0.2) is 0 Å². The van der Waals surface area contributed by atoms with Gasteiger partial charge in [-0.2, -0.15) is 9.61 Å². The molecule has 8 heteroatoms. The Bertz CT molecular complexity index is 569. The number of fused-ring (bicyclic) bond motifs is 1. The predicted molar refractivity (Wildman–Crippen MR) is 75.0 cm³/mol. The highest BCUT2D eigenvalue weighted by Crippen LogP contribution is 2.29. The van der Waals surface area contributed by atoms with E-state index in [-0.39, 0.29) is 0 Å². The summed E-state index contributed by atoms with van der Waals surface area (Å²) in [6.45, 7) is 5.05. The molecule has 0 radical (unpaired) electrons. The summed E-state index contributed by atoms with van der Waals surface area (Å²) >= 11 is 1.58. The van der Waals surface area contributed by atoms with E-state index in [0.717, 1.165) is 35.4 Å². The molecule has 2 atom stereocenters. The van der Waals surface area contributed by atoms with E-state index >= 15 is 0 Å². The Balaban J connectivity index is 1.82. The van der Waals surface area contributed by atoms with Crippen molar-refractivity contribution in [3.05, 3.63) is 10.8 Å². The van der Waals surface area contributed by atoms with Crippen LogP contribution in [0, 0.1) is 0 Å². The summed E-state index contributed by atoms with van der Waals surface area (Å²) in [5.41, 5.74) is 0. The second-order valence-electron chi connectivity index (χ2n) is 4.89. The lowest BCUT2D eigenvalue weighted by molar-refractivity contribution is 0.176. The molecule has 0 saturated carbocycles. The van der Waals surface area contributed by atoms with Crippen molar-refractivity contribution in [2.45, 2.75) is 31.9 Å². The molecular formula is C12H19N5O2S. The number of rotatable bonds is 6. The van der Waals surface area contributed by atoms with Gasteiger partial charge in [0, 0.05) is 13.2 Å². The van der Waals surface area contributed by atoms with Gasteiger partial charge in [-0.1, -0.05) is 18.3 Å². The van der Waals surface area contributed by atoms with Crippen molar-refractivity contribution >= 4 is 16.3 Å². The Hall–Kier alpha value is -1.09. The van der Waals surface area contributed by atoms with E-state index in [4.69, 9.17) is 9.47 Å². The molecule has 2 aromatic heterocycles. The van der Waals surface area contributed by atoms with Crippen LogP contribution in [0.4, 0.5) is 0 Å². The maximum absolute atomic E-state index is 5.61. The number of ether oxygens (including phenoxy) is 2. The van der Waals surface area contributed by atoms with Crippen molar-refractivity contribution in [2.24, 2.45) is 0 Å². The molecule has 0 aliphatic carbocycles. The van der Waals surface area contributed by atoms with Crippen molar-refractivity contribution in [1.82, 2.24) is 25.1 Å². The van der Waals surface area contributed by atoms with Gasteiger partial charge in [0.2, 0.25) is 4.96 Å². The number of methoxy groups -OCH3 is 1. The molecule has 7 nitrogen and oxygen atoms in total. The van der Waals surface area contributed by atoms with Gasteiger partial charge < -0.3 is 14.8 Å². The van der Waals surface area contributed by atoms with E-state index in [1.165, 1.54) is 0 Å². The maximum Gasteiger partial charge on any atom is 0.234 e. The van der Waals surface area contributed by atoms with Gasteiger partial charge in [0.15, 0.2) is 5.82 Å². The molecule has 3 rings (SSSR count). The van der Waals surface area contributed by atoms with Crippen molar-refractivity contribution < 1.29 is 9.47 Å². The van der Waals surface area contributed by atoms with E-state index in [1.54, 1.807) is 23.0 Å². The van der Waals surface area contributed by atoms with Gasteiger partial charge in [0.25, 0.3) is 0 Å². The molecule has 1 N–H and O–H groups in total. The Morgan fingerprint density at radius 1 is 1.45 bits per heavy atom. The fraction of sp³-hybridized carbons (Fsp3) is 0.750. The van der Waals surface area contributed by atoms with Crippen molar-refractivity contribution in [3.63, 3.8) is 0 Å². The molecule has 1 aliphatic rings. The normalized spacial score (nSPS) is 22.9. The Morgan fingerprint density at radius 3 is 3.15 bits per heavy atom. The van der Waals surface area contributed by atoms with Crippen molar-refractivity contribution in [1.29, 1.82) is 0 Å². The van der Waals surface area contributed by atoms with E-state index < -0.39 is 0 Å². The molecule has 1 aliphatic heterocycles. The zero-order chi connectivity index (χ0) is 13.9. The molecule has 2 unspecified atom stereocenters. The minimum atomic E-state index is 0.295. The number of nitrogens with zero attached hydrogens (tertiary/aromatic N) is 4. The molecule has 0 amide bonds. The monoisotopic (exact) mass is 297 g/mol. The summed E-state index contributed by atoms with van der Waals surface area (Å²) in [4.78, 5) is 0.813. The summed E-state index contributed by atoms with van der Waals surface area (Å²) in [5, 5.41) is 17.4.